The Kier molecular flexibility index (Phi) is 4.66. The van der Waals surface area contributed by atoms with E-state index in [2.05, 4.69) is 38.0 Å². The van der Waals surface area contributed by atoms with Gasteiger partial charge in [-0.3, -0.25) is 14.5 Å². The topological polar surface area (TPSA) is 76.2 Å². The third-order valence-electron chi connectivity index (χ3n) is 4.90. The van der Waals surface area contributed by atoms with Crippen LogP contribution in [-0.4, -0.2) is 33.8 Å². The monoisotopic (exact) mass is 365 g/mol. The van der Waals surface area contributed by atoms with E-state index < -0.39 is 0 Å². The van der Waals surface area contributed by atoms with Crippen molar-refractivity contribution in [3.05, 3.63) is 65.6 Å². The molecule has 0 saturated carbocycles. The van der Waals surface area contributed by atoms with E-state index in [0.717, 1.165) is 30.9 Å². The minimum absolute atomic E-state index is 0.206. The normalized spacial score (nSPS) is 16.7. The third-order valence-corrected chi connectivity index (χ3v) is 4.90. The van der Waals surface area contributed by atoms with Crippen LogP contribution in [0.25, 0.3) is 0 Å². The van der Waals surface area contributed by atoms with Crippen LogP contribution in [0.5, 0.6) is 0 Å². The maximum absolute atomic E-state index is 12.4. The number of hydrogen-bond donors (Lipinski definition) is 1. The van der Waals surface area contributed by atoms with Crippen LogP contribution in [0, 0.1) is 13.8 Å². The van der Waals surface area contributed by atoms with Gasteiger partial charge in [0.05, 0.1) is 24.5 Å². The van der Waals surface area contributed by atoms with E-state index in [0.29, 0.717) is 24.0 Å². The Morgan fingerprint density at radius 3 is 2.96 bits per heavy atom. The van der Waals surface area contributed by atoms with Crippen LogP contribution < -0.4 is 10.2 Å². The van der Waals surface area contributed by atoms with Crippen LogP contribution in [-0.2, 0) is 6.54 Å². The van der Waals surface area contributed by atoms with Crippen molar-refractivity contribution in [3.8, 4) is 0 Å². The number of carbonyl (C=O) groups excluding carboxylic acids is 1. The van der Waals surface area contributed by atoms with Gasteiger partial charge in [-0.2, -0.15) is 5.10 Å². The molecule has 1 atom stereocenters. The van der Waals surface area contributed by atoms with Crippen molar-refractivity contribution >= 4 is 11.6 Å². The molecule has 4 heterocycles. The molecular formula is C20H23N5O2. The van der Waals surface area contributed by atoms with Crippen LogP contribution in [0.15, 0.2) is 47.2 Å². The summed E-state index contributed by atoms with van der Waals surface area (Å²) in [6, 6.07) is 9.88. The lowest BCUT2D eigenvalue weighted by molar-refractivity contribution is 0.0943. The molecule has 0 radical (unpaired) electrons. The Morgan fingerprint density at radius 1 is 1.33 bits per heavy atom. The van der Waals surface area contributed by atoms with Crippen LogP contribution in [0.1, 0.15) is 40.1 Å². The molecule has 3 aromatic rings. The molecule has 7 heteroatoms. The van der Waals surface area contributed by atoms with Gasteiger partial charge >= 0.3 is 0 Å². The van der Waals surface area contributed by atoms with E-state index in [1.165, 1.54) is 5.69 Å². The highest BCUT2D eigenvalue weighted by Crippen LogP contribution is 2.27. The number of nitrogens with one attached hydrogen (secondary N) is 1. The summed E-state index contributed by atoms with van der Waals surface area (Å²) in [6.45, 7) is 6.27. The average Bonchev–Trinajstić information content (AvgIpc) is 3.41. The number of carbonyl (C=O) groups is 1. The van der Waals surface area contributed by atoms with Crippen molar-refractivity contribution in [1.29, 1.82) is 0 Å². The zero-order valence-corrected chi connectivity index (χ0v) is 15.6. The molecule has 27 heavy (non-hydrogen) atoms. The fourth-order valence-electron chi connectivity index (χ4n) is 3.60. The number of rotatable bonds is 5. The van der Waals surface area contributed by atoms with Crippen LogP contribution in [0.2, 0.25) is 0 Å². The number of aryl methyl sites for hydroxylation is 2. The molecule has 1 aliphatic heterocycles. The standard InChI is InChI=1S/C20H23N5O2/c1-14-10-15(2)25(23-14)17-6-8-24(13-17)16-5-7-21-19(11-16)20(26)22-12-18-4-3-9-27-18/h3-5,7,9-11,17H,6,8,12-13H2,1-2H3,(H,22,26)/t17-/m1/s1. The molecule has 1 fully saturated rings. The fourth-order valence-corrected chi connectivity index (χ4v) is 3.60. The second kappa shape index (κ2) is 7.26. The smallest absolute Gasteiger partial charge is 0.270 e. The summed E-state index contributed by atoms with van der Waals surface area (Å²) in [5.41, 5.74) is 3.66. The van der Waals surface area contributed by atoms with E-state index in [9.17, 15) is 4.79 Å². The molecule has 7 nitrogen and oxygen atoms in total. The number of furan rings is 1. The summed E-state index contributed by atoms with van der Waals surface area (Å²) >= 11 is 0. The fraction of sp³-hybridized carbons (Fsp3) is 0.350. The number of anilines is 1. The van der Waals surface area contributed by atoms with E-state index in [1.807, 2.05) is 25.1 Å². The quantitative estimate of drug-likeness (QED) is 0.752. The number of amides is 1. The van der Waals surface area contributed by atoms with Gasteiger partial charge < -0.3 is 14.6 Å². The Balaban J connectivity index is 1.43. The Labute approximate surface area is 158 Å². The predicted molar refractivity (Wildman–Crippen MR) is 102 cm³/mol. The van der Waals surface area contributed by atoms with E-state index in [4.69, 9.17) is 4.42 Å². The minimum atomic E-state index is -0.206. The molecule has 1 N–H and O–H groups in total. The summed E-state index contributed by atoms with van der Waals surface area (Å²) < 4.78 is 7.36. The van der Waals surface area contributed by atoms with Crippen molar-refractivity contribution in [2.75, 3.05) is 18.0 Å². The highest BCUT2D eigenvalue weighted by atomic mass is 16.3. The maximum atomic E-state index is 12.4. The van der Waals surface area contributed by atoms with Crippen LogP contribution in [0.3, 0.4) is 0 Å². The number of nitrogens with zero attached hydrogens (tertiary/aromatic N) is 4. The minimum Gasteiger partial charge on any atom is -0.467 e. The highest BCUT2D eigenvalue weighted by molar-refractivity contribution is 5.93. The van der Waals surface area contributed by atoms with Gasteiger partial charge in [-0.05, 0) is 50.6 Å². The SMILES string of the molecule is Cc1cc(C)n([C@@H]2CCN(c3ccnc(C(=O)NCc4ccco4)c3)C2)n1. The van der Waals surface area contributed by atoms with Crippen LogP contribution >= 0.6 is 0 Å². The Bertz CT molecular complexity index is 932. The molecule has 0 unspecified atom stereocenters. The van der Waals surface area contributed by atoms with Crippen LogP contribution in [0.4, 0.5) is 5.69 Å². The summed E-state index contributed by atoms with van der Waals surface area (Å²) in [7, 11) is 0. The molecular weight excluding hydrogens is 342 g/mol. The second-order valence-corrected chi connectivity index (χ2v) is 6.92. The molecule has 0 aromatic carbocycles. The van der Waals surface area contributed by atoms with E-state index >= 15 is 0 Å². The van der Waals surface area contributed by atoms with Crippen molar-refractivity contribution in [1.82, 2.24) is 20.1 Å². The predicted octanol–water partition coefficient (Wildman–Crippen LogP) is 2.87. The first-order chi connectivity index (χ1) is 13.1. The molecule has 1 saturated heterocycles. The van der Waals surface area contributed by atoms with Crippen molar-refractivity contribution in [2.45, 2.75) is 32.9 Å². The zero-order chi connectivity index (χ0) is 18.8. The van der Waals surface area contributed by atoms with E-state index in [1.54, 1.807) is 18.5 Å². The molecule has 1 aliphatic rings. The number of aromatic nitrogens is 3. The van der Waals surface area contributed by atoms with Crippen molar-refractivity contribution in [3.63, 3.8) is 0 Å². The third kappa shape index (κ3) is 3.72. The first-order valence-corrected chi connectivity index (χ1v) is 9.14. The van der Waals surface area contributed by atoms with E-state index in [-0.39, 0.29) is 5.91 Å². The van der Waals surface area contributed by atoms with Gasteiger partial charge in [0.15, 0.2) is 0 Å². The summed E-state index contributed by atoms with van der Waals surface area (Å²) in [5.74, 6) is 0.509. The lowest BCUT2D eigenvalue weighted by Gasteiger charge is -2.19. The largest absolute Gasteiger partial charge is 0.467 e. The Hall–Kier alpha value is -3.09. The molecule has 0 aliphatic carbocycles. The highest BCUT2D eigenvalue weighted by Gasteiger charge is 2.26. The lowest BCUT2D eigenvalue weighted by atomic mass is 10.2. The summed E-state index contributed by atoms with van der Waals surface area (Å²) in [6.07, 6.45) is 4.31. The maximum Gasteiger partial charge on any atom is 0.270 e. The van der Waals surface area contributed by atoms with Gasteiger partial charge in [-0.1, -0.05) is 0 Å². The van der Waals surface area contributed by atoms with Crippen molar-refractivity contribution < 1.29 is 9.21 Å². The van der Waals surface area contributed by atoms with Gasteiger partial charge in [-0.15, -0.1) is 0 Å². The Morgan fingerprint density at radius 2 is 2.22 bits per heavy atom. The summed E-state index contributed by atoms with van der Waals surface area (Å²) in [4.78, 5) is 18.9. The van der Waals surface area contributed by atoms with Gasteiger partial charge in [-0.25, -0.2) is 0 Å². The van der Waals surface area contributed by atoms with Crippen molar-refractivity contribution in [2.24, 2.45) is 0 Å². The van der Waals surface area contributed by atoms with Gasteiger partial charge in [0.2, 0.25) is 0 Å². The zero-order valence-electron chi connectivity index (χ0n) is 15.6. The number of hydrogen-bond acceptors (Lipinski definition) is 5. The van der Waals surface area contributed by atoms with Gasteiger partial charge in [0, 0.05) is 30.7 Å². The first-order valence-electron chi connectivity index (χ1n) is 9.14. The second-order valence-electron chi connectivity index (χ2n) is 6.92. The molecule has 3 aromatic heterocycles. The van der Waals surface area contributed by atoms with Gasteiger partial charge in [0.1, 0.15) is 11.5 Å². The molecule has 0 spiro atoms. The van der Waals surface area contributed by atoms with Gasteiger partial charge in [0.25, 0.3) is 5.91 Å². The number of pyridine rings is 1. The first kappa shape index (κ1) is 17.3. The molecule has 0 bridgehead atoms. The lowest BCUT2D eigenvalue weighted by Crippen LogP contribution is -2.25. The molecule has 1 amide bonds. The molecule has 140 valence electrons. The average molecular weight is 365 g/mol. The molecule has 4 rings (SSSR count). The summed E-state index contributed by atoms with van der Waals surface area (Å²) in [5, 5.41) is 7.46.